The van der Waals surface area contributed by atoms with Crippen molar-refractivity contribution in [1.29, 1.82) is 0 Å². The molecule has 5 aliphatic rings. The van der Waals surface area contributed by atoms with Crippen LogP contribution >= 0.6 is 0 Å². The predicted octanol–water partition coefficient (Wildman–Crippen LogP) is 3.31. The average molecular weight is 234 g/mol. The lowest BCUT2D eigenvalue weighted by molar-refractivity contribution is -0.179. The first-order valence-corrected chi connectivity index (χ1v) is 7.42. The van der Waals surface area contributed by atoms with Crippen molar-refractivity contribution in [3.05, 3.63) is 0 Å². The molecule has 0 amide bonds. The first-order chi connectivity index (χ1) is 8.19. The third kappa shape index (κ3) is 1.25. The maximum absolute atomic E-state index is 11.7. The van der Waals surface area contributed by atoms with Gasteiger partial charge in [-0.3, -0.25) is 4.79 Å². The number of carboxylic acid groups (broad SMARTS) is 1. The van der Waals surface area contributed by atoms with Crippen molar-refractivity contribution in [2.75, 3.05) is 0 Å². The zero-order chi connectivity index (χ0) is 11.6. The zero-order valence-corrected chi connectivity index (χ0v) is 10.4. The van der Waals surface area contributed by atoms with Crippen molar-refractivity contribution >= 4 is 5.97 Å². The second-order valence-corrected chi connectivity index (χ2v) is 7.27. The highest BCUT2D eigenvalue weighted by atomic mass is 16.4. The van der Waals surface area contributed by atoms with Gasteiger partial charge in [0.1, 0.15) is 0 Å². The average Bonchev–Trinajstić information content (AvgIpc) is 2.18. The van der Waals surface area contributed by atoms with Crippen molar-refractivity contribution in [1.82, 2.24) is 0 Å². The Morgan fingerprint density at radius 1 is 0.941 bits per heavy atom. The molecule has 5 rings (SSSR count). The molecule has 5 fully saturated rings. The monoisotopic (exact) mass is 234 g/mol. The Hall–Kier alpha value is -0.530. The second-order valence-electron chi connectivity index (χ2n) is 7.27. The van der Waals surface area contributed by atoms with Crippen LogP contribution in [0, 0.1) is 35.0 Å². The predicted molar refractivity (Wildman–Crippen MR) is 64.5 cm³/mol. The molecule has 0 radical (unpaired) electrons. The van der Waals surface area contributed by atoms with Crippen molar-refractivity contribution in [2.24, 2.45) is 35.0 Å². The number of carbonyl (C=O) groups is 1. The lowest BCUT2D eigenvalue weighted by Crippen LogP contribution is -2.56. The van der Waals surface area contributed by atoms with Gasteiger partial charge in [0.15, 0.2) is 0 Å². The van der Waals surface area contributed by atoms with E-state index in [1.54, 1.807) is 0 Å². The van der Waals surface area contributed by atoms with E-state index in [1.165, 1.54) is 32.1 Å². The minimum atomic E-state index is -0.471. The molecule has 0 aliphatic heterocycles. The van der Waals surface area contributed by atoms with Gasteiger partial charge in [-0.2, -0.15) is 0 Å². The van der Waals surface area contributed by atoms with Crippen LogP contribution < -0.4 is 0 Å². The molecule has 0 aromatic rings. The number of hydrogen-bond donors (Lipinski definition) is 1. The van der Waals surface area contributed by atoms with E-state index in [1.807, 2.05) is 0 Å². The minimum absolute atomic E-state index is 0.289. The van der Waals surface area contributed by atoms with Gasteiger partial charge in [-0.15, -0.1) is 0 Å². The molecule has 0 atom stereocenters. The quantitative estimate of drug-likeness (QED) is 0.796. The summed E-state index contributed by atoms with van der Waals surface area (Å²) in [6.45, 7) is 0. The Morgan fingerprint density at radius 2 is 1.47 bits per heavy atom. The fourth-order valence-corrected chi connectivity index (χ4v) is 6.07. The van der Waals surface area contributed by atoms with Crippen molar-refractivity contribution in [3.8, 4) is 0 Å². The molecule has 0 saturated heterocycles. The van der Waals surface area contributed by atoms with E-state index in [4.69, 9.17) is 0 Å². The van der Waals surface area contributed by atoms with Crippen LogP contribution in [0.5, 0.6) is 0 Å². The largest absolute Gasteiger partial charge is 0.481 e. The Bertz CT molecular complexity index is 328. The summed E-state index contributed by atoms with van der Waals surface area (Å²) in [5.41, 5.74) is -0.289. The van der Waals surface area contributed by atoms with Gasteiger partial charge in [0, 0.05) is 0 Å². The number of hydrogen-bond acceptors (Lipinski definition) is 1. The smallest absolute Gasteiger partial charge is 0.309 e. The van der Waals surface area contributed by atoms with Crippen LogP contribution in [0.25, 0.3) is 0 Å². The number of rotatable bonds is 2. The molecular weight excluding hydrogens is 212 g/mol. The standard InChI is InChI=1S/C15H22O2/c16-14(17)15(2-1-3-15)13-11-5-9-4-10(7-11)8-12(13)6-9/h9-13H,1-8H2,(H,16,17). The maximum atomic E-state index is 11.7. The van der Waals surface area contributed by atoms with Crippen molar-refractivity contribution in [3.63, 3.8) is 0 Å². The van der Waals surface area contributed by atoms with Crippen molar-refractivity contribution in [2.45, 2.75) is 51.4 Å². The van der Waals surface area contributed by atoms with Crippen LogP contribution in [0.15, 0.2) is 0 Å². The van der Waals surface area contributed by atoms with Crippen LogP contribution in [-0.2, 0) is 4.79 Å². The molecule has 5 saturated carbocycles. The highest BCUT2D eigenvalue weighted by Gasteiger charge is 2.60. The molecule has 0 heterocycles. The Morgan fingerprint density at radius 3 is 1.82 bits per heavy atom. The summed E-state index contributed by atoms with van der Waals surface area (Å²) < 4.78 is 0. The van der Waals surface area contributed by atoms with Gasteiger partial charge in [-0.1, -0.05) is 6.42 Å². The first-order valence-electron chi connectivity index (χ1n) is 7.42. The highest BCUT2D eigenvalue weighted by molar-refractivity contribution is 5.76. The third-order valence-corrected chi connectivity index (χ3v) is 6.54. The summed E-state index contributed by atoms with van der Waals surface area (Å²) in [7, 11) is 0. The first kappa shape index (κ1) is 10.4. The molecule has 2 heteroatoms. The summed E-state index contributed by atoms with van der Waals surface area (Å²) >= 11 is 0. The van der Waals surface area contributed by atoms with Gasteiger partial charge in [-0.25, -0.2) is 0 Å². The lowest BCUT2D eigenvalue weighted by atomic mass is 9.43. The maximum Gasteiger partial charge on any atom is 0.309 e. The van der Waals surface area contributed by atoms with E-state index >= 15 is 0 Å². The molecular formula is C15H22O2. The van der Waals surface area contributed by atoms with Gasteiger partial charge >= 0.3 is 5.97 Å². The molecule has 94 valence electrons. The molecule has 2 nitrogen and oxygen atoms in total. The minimum Gasteiger partial charge on any atom is -0.481 e. The van der Waals surface area contributed by atoms with Crippen LogP contribution in [0.4, 0.5) is 0 Å². The van der Waals surface area contributed by atoms with E-state index in [2.05, 4.69) is 0 Å². The summed E-state index contributed by atoms with van der Waals surface area (Å²) in [6, 6.07) is 0. The summed E-state index contributed by atoms with van der Waals surface area (Å²) in [6.07, 6.45) is 9.96. The van der Waals surface area contributed by atoms with Crippen LogP contribution in [0.3, 0.4) is 0 Å². The Kier molecular flexibility index (Phi) is 2.00. The number of carboxylic acids is 1. The van der Waals surface area contributed by atoms with Gasteiger partial charge in [-0.05, 0) is 74.5 Å². The summed E-state index contributed by atoms with van der Waals surface area (Å²) in [5, 5.41) is 9.67. The molecule has 0 aromatic carbocycles. The van der Waals surface area contributed by atoms with E-state index < -0.39 is 5.97 Å². The summed E-state index contributed by atoms with van der Waals surface area (Å²) in [4.78, 5) is 11.7. The Balaban J connectivity index is 1.68. The molecule has 0 aromatic heterocycles. The molecule has 17 heavy (non-hydrogen) atoms. The van der Waals surface area contributed by atoms with Crippen molar-refractivity contribution < 1.29 is 9.90 Å². The molecule has 1 N–H and O–H groups in total. The van der Waals surface area contributed by atoms with E-state index in [0.717, 1.165) is 42.9 Å². The van der Waals surface area contributed by atoms with E-state index in [9.17, 15) is 9.90 Å². The zero-order valence-electron chi connectivity index (χ0n) is 10.4. The normalized spacial score (nSPS) is 50.0. The SMILES string of the molecule is O=C(O)C1(C2C3CC4CC(C3)CC2C4)CCC1. The van der Waals surface area contributed by atoms with Crippen LogP contribution in [-0.4, -0.2) is 11.1 Å². The second kappa shape index (κ2) is 3.27. The summed E-state index contributed by atoms with van der Waals surface area (Å²) in [5.74, 6) is 3.52. The highest BCUT2D eigenvalue weighted by Crippen LogP contribution is 2.65. The Labute approximate surface area is 103 Å². The number of aliphatic carboxylic acids is 1. The van der Waals surface area contributed by atoms with Crippen LogP contribution in [0.1, 0.15) is 51.4 Å². The third-order valence-electron chi connectivity index (χ3n) is 6.54. The van der Waals surface area contributed by atoms with E-state index in [0.29, 0.717) is 5.92 Å². The van der Waals surface area contributed by atoms with E-state index in [-0.39, 0.29) is 5.41 Å². The van der Waals surface area contributed by atoms with Crippen LogP contribution in [0.2, 0.25) is 0 Å². The van der Waals surface area contributed by atoms with Gasteiger partial charge in [0.2, 0.25) is 0 Å². The topological polar surface area (TPSA) is 37.3 Å². The molecule has 5 aliphatic carbocycles. The van der Waals surface area contributed by atoms with Gasteiger partial charge < -0.3 is 5.11 Å². The fourth-order valence-electron chi connectivity index (χ4n) is 6.07. The lowest BCUT2D eigenvalue weighted by Gasteiger charge is -2.61. The van der Waals surface area contributed by atoms with Gasteiger partial charge in [0.25, 0.3) is 0 Å². The molecule has 0 spiro atoms. The van der Waals surface area contributed by atoms with Gasteiger partial charge in [0.05, 0.1) is 5.41 Å². The fraction of sp³-hybridized carbons (Fsp3) is 0.933. The molecule has 4 bridgehead atoms. The molecule has 0 unspecified atom stereocenters.